The van der Waals surface area contributed by atoms with Crippen molar-refractivity contribution in [1.29, 1.82) is 0 Å². The lowest BCUT2D eigenvalue weighted by Gasteiger charge is -2.05. The lowest BCUT2D eigenvalue weighted by atomic mass is 10.2. The first kappa shape index (κ1) is 17.6. The molecule has 1 heterocycles. The van der Waals surface area contributed by atoms with Gasteiger partial charge in [0.1, 0.15) is 0 Å². The zero-order valence-electron chi connectivity index (χ0n) is 14.1. The molecular weight excluding hydrogens is 350 g/mol. The second-order valence-electron chi connectivity index (χ2n) is 5.43. The molecule has 2 aromatic carbocycles. The Bertz CT molecular complexity index is 892. The molecule has 7 heteroatoms. The third-order valence-corrected chi connectivity index (χ3v) is 4.31. The van der Waals surface area contributed by atoms with Crippen molar-refractivity contribution in [2.24, 2.45) is 0 Å². The van der Waals surface area contributed by atoms with Crippen LogP contribution in [0.5, 0.6) is 0 Å². The summed E-state index contributed by atoms with van der Waals surface area (Å²) in [5.74, 6) is -0.587. The Balaban J connectivity index is 1.56. The molecule has 1 amide bonds. The van der Waals surface area contributed by atoms with Crippen LogP contribution in [0.25, 0.3) is 0 Å². The number of esters is 1. The van der Waals surface area contributed by atoms with Crippen LogP contribution in [0.3, 0.4) is 0 Å². The van der Waals surface area contributed by atoms with Crippen LogP contribution in [0.4, 0.5) is 16.5 Å². The van der Waals surface area contributed by atoms with Crippen molar-refractivity contribution in [3.63, 3.8) is 0 Å². The molecule has 0 saturated carbocycles. The Labute approximate surface area is 154 Å². The number of hydrogen-bond donors (Lipinski definition) is 2. The number of hydrogen-bond acceptors (Lipinski definition) is 6. The highest BCUT2D eigenvalue weighted by molar-refractivity contribution is 7.13. The number of rotatable bonds is 6. The summed E-state index contributed by atoms with van der Waals surface area (Å²) in [6.45, 7) is 0. The van der Waals surface area contributed by atoms with E-state index in [-0.39, 0.29) is 12.3 Å². The first-order valence-corrected chi connectivity index (χ1v) is 8.77. The first-order valence-electron chi connectivity index (χ1n) is 7.89. The molecule has 0 radical (unpaired) electrons. The topological polar surface area (TPSA) is 80.3 Å². The number of carbonyl (C=O) groups excluding carboxylic acids is 2. The maximum absolute atomic E-state index is 12.2. The number of ether oxygens (including phenoxy) is 1. The van der Waals surface area contributed by atoms with E-state index in [0.717, 1.165) is 10.8 Å². The minimum Gasteiger partial charge on any atom is -0.465 e. The predicted molar refractivity (Wildman–Crippen MR) is 102 cm³/mol. The van der Waals surface area contributed by atoms with Gasteiger partial charge in [-0.15, -0.1) is 11.3 Å². The lowest BCUT2D eigenvalue weighted by Crippen LogP contribution is -2.14. The highest BCUT2D eigenvalue weighted by atomic mass is 32.1. The summed E-state index contributed by atoms with van der Waals surface area (Å²) < 4.78 is 4.64. The number of carbonyl (C=O) groups is 2. The van der Waals surface area contributed by atoms with Gasteiger partial charge in [-0.1, -0.05) is 18.2 Å². The van der Waals surface area contributed by atoms with Gasteiger partial charge >= 0.3 is 5.97 Å². The van der Waals surface area contributed by atoms with E-state index < -0.39 is 5.97 Å². The molecule has 26 heavy (non-hydrogen) atoms. The van der Waals surface area contributed by atoms with Gasteiger partial charge in [0.05, 0.1) is 24.8 Å². The minimum atomic E-state index is -0.413. The van der Waals surface area contributed by atoms with Gasteiger partial charge in [0.2, 0.25) is 5.91 Å². The molecule has 2 N–H and O–H groups in total. The predicted octanol–water partition coefficient (Wildman–Crippen LogP) is 3.85. The Kier molecular flexibility index (Phi) is 5.60. The molecule has 0 atom stereocenters. The number of amides is 1. The molecule has 6 nitrogen and oxygen atoms in total. The molecule has 1 aromatic heterocycles. The molecule has 0 fully saturated rings. The third kappa shape index (κ3) is 4.67. The minimum absolute atomic E-state index is 0.172. The van der Waals surface area contributed by atoms with Crippen molar-refractivity contribution in [2.45, 2.75) is 6.42 Å². The Morgan fingerprint density at radius 3 is 2.46 bits per heavy atom. The number of para-hydroxylation sites is 1. The number of anilines is 3. The number of aromatic nitrogens is 1. The van der Waals surface area contributed by atoms with Crippen LogP contribution in [0.2, 0.25) is 0 Å². The second-order valence-corrected chi connectivity index (χ2v) is 6.29. The van der Waals surface area contributed by atoms with Gasteiger partial charge in [-0.05, 0) is 36.4 Å². The van der Waals surface area contributed by atoms with Crippen molar-refractivity contribution in [3.05, 3.63) is 71.2 Å². The van der Waals surface area contributed by atoms with Gasteiger partial charge in [0.15, 0.2) is 5.13 Å². The highest BCUT2D eigenvalue weighted by Gasteiger charge is 2.10. The quantitative estimate of drug-likeness (QED) is 0.647. The van der Waals surface area contributed by atoms with E-state index in [2.05, 4.69) is 20.4 Å². The van der Waals surface area contributed by atoms with E-state index >= 15 is 0 Å². The summed E-state index contributed by atoms with van der Waals surface area (Å²) in [5.41, 5.74) is 2.68. The van der Waals surface area contributed by atoms with E-state index in [1.54, 1.807) is 24.3 Å². The van der Waals surface area contributed by atoms with Gasteiger partial charge in [-0.2, -0.15) is 0 Å². The van der Waals surface area contributed by atoms with Gasteiger partial charge in [-0.25, -0.2) is 9.78 Å². The van der Waals surface area contributed by atoms with Crippen LogP contribution in [-0.4, -0.2) is 24.0 Å². The van der Waals surface area contributed by atoms with Crippen LogP contribution < -0.4 is 10.6 Å². The van der Waals surface area contributed by atoms with Crippen molar-refractivity contribution < 1.29 is 14.3 Å². The fourth-order valence-electron chi connectivity index (χ4n) is 2.27. The third-order valence-electron chi connectivity index (χ3n) is 3.51. The number of thiazole rings is 1. The highest BCUT2D eigenvalue weighted by Crippen LogP contribution is 2.21. The number of benzene rings is 2. The molecule has 0 unspecified atom stereocenters. The fraction of sp³-hybridized carbons (Fsp3) is 0.105. The largest absolute Gasteiger partial charge is 0.465 e. The molecule has 0 aliphatic heterocycles. The fourth-order valence-corrected chi connectivity index (χ4v) is 3.00. The zero-order chi connectivity index (χ0) is 18.4. The number of nitrogens with zero attached hydrogens (tertiary/aromatic N) is 1. The summed E-state index contributed by atoms with van der Waals surface area (Å²) in [4.78, 5) is 28.0. The maximum Gasteiger partial charge on any atom is 0.337 e. The molecule has 0 saturated heterocycles. The molecule has 0 spiro atoms. The standard InChI is InChI=1S/C19H17N3O3S/c1-25-18(24)13-7-9-15(10-8-13)20-17(23)11-16-12-26-19(22-16)21-14-5-3-2-4-6-14/h2-10,12H,11H2,1H3,(H,20,23)(H,21,22). The average Bonchev–Trinajstić information content (AvgIpc) is 3.09. The molecule has 3 rings (SSSR count). The van der Waals surface area contributed by atoms with Crippen molar-refractivity contribution in [2.75, 3.05) is 17.7 Å². The van der Waals surface area contributed by atoms with Crippen molar-refractivity contribution in [3.8, 4) is 0 Å². The smallest absolute Gasteiger partial charge is 0.337 e. The SMILES string of the molecule is COC(=O)c1ccc(NC(=O)Cc2csc(Nc3ccccc3)n2)cc1. The van der Waals surface area contributed by atoms with E-state index in [1.807, 2.05) is 35.7 Å². The summed E-state index contributed by atoms with van der Waals surface area (Å²) in [6, 6.07) is 16.3. The molecule has 0 bridgehead atoms. The number of methoxy groups -OCH3 is 1. The summed E-state index contributed by atoms with van der Waals surface area (Å²) in [5, 5.41) is 8.58. The average molecular weight is 367 g/mol. The lowest BCUT2D eigenvalue weighted by molar-refractivity contribution is -0.115. The summed E-state index contributed by atoms with van der Waals surface area (Å²) >= 11 is 1.45. The molecule has 0 aliphatic rings. The molecule has 0 aliphatic carbocycles. The van der Waals surface area contributed by atoms with E-state index in [0.29, 0.717) is 16.9 Å². The van der Waals surface area contributed by atoms with E-state index in [4.69, 9.17) is 0 Å². The summed E-state index contributed by atoms with van der Waals surface area (Å²) in [7, 11) is 1.33. The van der Waals surface area contributed by atoms with Crippen LogP contribution in [-0.2, 0) is 16.0 Å². The van der Waals surface area contributed by atoms with Crippen LogP contribution in [0.15, 0.2) is 60.0 Å². The first-order chi connectivity index (χ1) is 12.6. The normalized spacial score (nSPS) is 10.2. The van der Waals surface area contributed by atoms with Crippen LogP contribution >= 0.6 is 11.3 Å². The van der Waals surface area contributed by atoms with E-state index in [1.165, 1.54) is 18.4 Å². The number of nitrogens with one attached hydrogen (secondary N) is 2. The van der Waals surface area contributed by atoms with Crippen LogP contribution in [0.1, 0.15) is 16.1 Å². The second kappa shape index (κ2) is 8.26. The Hall–Kier alpha value is -3.19. The maximum atomic E-state index is 12.2. The van der Waals surface area contributed by atoms with Gasteiger partial charge in [0.25, 0.3) is 0 Å². The van der Waals surface area contributed by atoms with Crippen molar-refractivity contribution in [1.82, 2.24) is 4.98 Å². The van der Waals surface area contributed by atoms with Gasteiger partial charge in [-0.3, -0.25) is 4.79 Å². The molecular formula is C19H17N3O3S. The Morgan fingerprint density at radius 2 is 1.77 bits per heavy atom. The monoisotopic (exact) mass is 367 g/mol. The van der Waals surface area contributed by atoms with Crippen molar-refractivity contribution >= 4 is 39.7 Å². The Morgan fingerprint density at radius 1 is 1.04 bits per heavy atom. The summed E-state index contributed by atoms with van der Waals surface area (Å²) in [6.07, 6.45) is 0.172. The van der Waals surface area contributed by atoms with Gasteiger partial charge in [0, 0.05) is 16.8 Å². The van der Waals surface area contributed by atoms with E-state index in [9.17, 15) is 9.59 Å². The molecule has 132 valence electrons. The molecule has 3 aromatic rings. The zero-order valence-corrected chi connectivity index (χ0v) is 14.9. The van der Waals surface area contributed by atoms with Gasteiger partial charge < -0.3 is 15.4 Å². The van der Waals surface area contributed by atoms with Crippen LogP contribution in [0, 0.1) is 0 Å².